The molecular formula is C24H31N3O. The zero-order valence-corrected chi connectivity index (χ0v) is 17.5. The van der Waals surface area contributed by atoms with Gasteiger partial charge in [0.1, 0.15) is 5.82 Å². The number of rotatable bonds is 8. The van der Waals surface area contributed by atoms with Crippen LogP contribution in [-0.2, 0) is 0 Å². The molecule has 4 nitrogen and oxygen atoms in total. The lowest BCUT2D eigenvalue weighted by atomic mass is 10.1. The van der Waals surface area contributed by atoms with Gasteiger partial charge in [0, 0.05) is 0 Å². The summed E-state index contributed by atoms with van der Waals surface area (Å²) in [5.41, 5.74) is 4.04. The first-order valence-corrected chi connectivity index (χ1v) is 10.4. The Balaban J connectivity index is 2.16. The molecule has 0 saturated carbocycles. The lowest BCUT2D eigenvalue weighted by Gasteiger charge is -2.22. The Kier molecular flexibility index (Phi) is 6.63. The summed E-state index contributed by atoms with van der Waals surface area (Å²) in [5.74, 6) is 0.797. The van der Waals surface area contributed by atoms with Crippen LogP contribution in [-0.4, -0.2) is 16.1 Å². The largest absolute Gasteiger partial charge is 0.307 e. The van der Waals surface area contributed by atoms with Crippen molar-refractivity contribution in [1.29, 1.82) is 0 Å². The minimum Gasteiger partial charge on any atom is -0.307 e. The first kappa shape index (κ1) is 20.3. The maximum atomic E-state index is 13.4. The molecule has 1 heterocycles. The lowest BCUT2D eigenvalue weighted by Crippen LogP contribution is -2.31. The molecule has 0 spiro atoms. The van der Waals surface area contributed by atoms with Crippen LogP contribution in [0, 0.1) is 13.8 Å². The predicted octanol–water partition coefficient (Wildman–Crippen LogP) is 5.23. The van der Waals surface area contributed by atoms with Gasteiger partial charge in [-0.15, -0.1) is 0 Å². The minimum absolute atomic E-state index is 0.00217. The second kappa shape index (κ2) is 9.16. The number of unbranched alkanes of at least 4 members (excludes halogenated alkanes) is 2. The van der Waals surface area contributed by atoms with Crippen LogP contribution in [0.25, 0.3) is 16.6 Å². The van der Waals surface area contributed by atoms with Crippen molar-refractivity contribution in [3.05, 3.63) is 69.8 Å². The Morgan fingerprint density at radius 2 is 1.82 bits per heavy atom. The standard InChI is InChI=1S/C24H31N3O/c1-5-7-10-15-25-21(6-2)23-26-22-12-9-8-11-20(22)24(28)27(23)19-14-13-17(3)18(4)16-19/h8-9,11-14,16,21,25H,5-7,10,15H2,1-4H3. The second-order valence-corrected chi connectivity index (χ2v) is 7.52. The number of para-hydroxylation sites is 1. The number of nitrogens with zero attached hydrogens (tertiary/aromatic N) is 2. The van der Waals surface area contributed by atoms with Gasteiger partial charge in [0.05, 0.1) is 22.6 Å². The van der Waals surface area contributed by atoms with Crippen LogP contribution in [0.15, 0.2) is 47.3 Å². The van der Waals surface area contributed by atoms with E-state index in [-0.39, 0.29) is 11.6 Å². The van der Waals surface area contributed by atoms with Crippen LogP contribution in [0.4, 0.5) is 0 Å². The average Bonchev–Trinajstić information content (AvgIpc) is 2.70. The van der Waals surface area contributed by atoms with Gasteiger partial charge in [0.15, 0.2) is 0 Å². The topological polar surface area (TPSA) is 46.9 Å². The third-order valence-electron chi connectivity index (χ3n) is 5.44. The van der Waals surface area contributed by atoms with Gasteiger partial charge in [-0.3, -0.25) is 9.36 Å². The average molecular weight is 378 g/mol. The number of fused-ring (bicyclic) bond motifs is 1. The quantitative estimate of drug-likeness (QED) is 0.547. The highest BCUT2D eigenvalue weighted by molar-refractivity contribution is 5.77. The molecule has 148 valence electrons. The van der Waals surface area contributed by atoms with E-state index in [2.05, 4.69) is 45.1 Å². The van der Waals surface area contributed by atoms with Gasteiger partial charge < -0.3 is 5.32 Å². The fourth-order valence-corrected chi connectivity index (χ4v) is 3.57. The fourth-order valence-electron chi connectivity index (χ4n) is 3.57. The molecule has 0 fully saturated rings. The van der Waals surface area contributed by atoms with Crippen LogP contribution >= 0.6 is 0 Å². The molecule has 1 atom stereocenters. The molecule has 0 aliphatic rings. The molecule has 0 amide bonds. The third-order valence-corrected chi connectivity index (χ3v) is 5.44. The van der Waals surface area contributed by atoms with E-state index in [1.54, 1.807) is 4.57 Å². The molecule has 0 radical (unpaired) electrons. The summed E-state index contributed by atoms with van der Waals surface area (Å²) in [4.78, 5) is 18.4. The SMILES string of the molecule is CCCCCNC(CC)c1nc2ccccc2c(=O)n1-c1ccc(C)c(C)c1. The second-order valence-electron chi connectivity index (χ2n) is 7.52. The van der Waals surface area contributed by atoms with E-state index < -0.39 is 0 Å². The Hall–Kier alpha value is -2.46. The number of aromatic nitrogens is 2. The summed E-state index contributed by atoms with van der Waals surface area (Å²) < 4.78 is 1.80. The maximum absolute atomic E-state index is 13.4. The normalized spacial score (nSPS) is 12.4. The summed E-state index contributed by atoms with van der Waals surface area (Å²) in [6.45, 7) is 9.45. The lowest BCUT2D eigenvalue weighted by molar-refractivity contribution is 0.472. The van der Waals surface area contributed by atoms with E-state index in [1.165, 1.54) is 24.0 Å². The van der Waals surface area contributed by atoms with Crippen LogP contribution in [0.5, 0.6) is 0 Å². The smallest absolute Gasteiger partial charge is 0.266 e. The number of hydrogen-bond acceptors (Lipinski definition) is 3. The van der Waals surface area contributed by atoms with Gasteiger partial charge in [0.2, 0.25) is 0 Å². The van der Waals surface area contributed by atoms with Gasteiger partial charge in [-0.1, -0.05) is 44.9 Å². The molecule has 3 aromatic rings. The Labute approximate surface area is 167 Å². The van der Waals surface area contributed by atoms with Crippen molar-refractivity contribution in [1.82, 2.24) is 14.9 Å². The zero-order valence-electron chi connectivity index (χ0n) is 17.5. The van der Waals surface area contributed by atoms with E-state index in [1.807, 2.05) is 30.3 Å². The van der Waals surface area contributed by atoms with E-state index in [0.29, 0.717) is 5.39 Å². The molecule has 0 bridgehead atoms. The molecule has 2 aromatic carbocycles. The molecule has 1 unspecified atom stereocenters. The van der Waals surface area contributed by atoms with Crippen LogP contribution in [0.3, 0.4) is 0 Å². The first-order chi connectivity index (χ1) is 13.6. The van der Waals surface area contributed by atoms with Gasteiger partial charge in [-0.05, 0) is 68.6 Å². The molecule has 3 rings (SSSR count). The third kappa shape index (κ3) is 4.17. The Morgan fingerprint density at radius 1 is 1.04 bits per heavy atom. The van der Waals surface area contributed by atoms with Crippen LogP contribution in [0.2, 0.25) is 0 Å². The Bertz CT molecular complexity index is 1010. The number of benzene rings is 2. The summed E-state index contributed by atoms with van der Waals surface area (Å²) in [7, 11) is 0. The highest BCUT2D eigenvalue weighted by Crippen LogP contribution is 2.22. The van der Waals surface area contributed by atoms with E-state index in [0.717, 1.165) is 36.4 Å². The fraction of sp³-hybridized carbons (Fsp3) is 0.417. The van der Waals surface area contributed by atoms with Gasteiger partial charge in [0.25, 0.3) is 5.56 Å². The summed E-state index contributed by atoms with van der Waals surface area (Å²) >= 11 is 0. The van der Waals surface area contributed by atoms with Gasteiger partial charge in [-0.2, -0.15) is 0 Å². The highest BCUT2D eigenvalue weighted by atomic mass is 16.1. The van der Waals surface area contributed by atoms with Crippen molar-refractivity contribution in [2.24, 2.45) is 0 Å². The maximum Gasteiger partial charge on any atom is 0.266 e. The van der Waals surface area contributed by atoms with Crippen LogP contribution in [0.1, 0.15) is 62.5 Å². The van der Waals surface area contributed by atoms with Crippen molar-refractivity contribution in [3.8, 4) is 5.69 Å². The van der Waals surface area contributed by atoms with Crippen molar-refractivity contribution in [2.75, 3.05) is 6.54 Å². The van der Waals surface area contributed by atoms with E-state index >= 15 is 0 Å². The van der Waals surface area contributed by atoms with E-state index in [9.17, 15) is 4.79 Å². The van der Waals surface area contributed by atoms with Crippen molar-refractivity contribution >= 4 is 10.9 Å². The number of hydrogen-bond donors (Lipinski definition) is 1. The van der Waals surface area contributed by atoms with E-state index in [4.69, 9.17) is 4.98 Å². The first-order valence-electron chi connectivity index (χ1n) is 10.4. The molecule has 0 aliphatic carbocycles. The molecule has 0 saturated heterocycles. The summed E-state index contributed by atoms with van der Waals surface area (Å²) in [6, 6.07) is 13.8. The number of aryl methyl sites for hydroxylation is 2. The molecule has 1 N–H and O–H groups in total. The zero-order chi connectivity index (χ0) is 20.1. The van der Waals surface area contributed by atoms with Crippen molar-refractivity contribution in [3.63, 3.8) is 0 Å². The molecule has 0 aliphatic heterocycles. The van der Waals surface area contributed by atoms with Crippen molar-refractivity contribution < 1.29 is 0 Å². The monoisotopic (exact) mass is 377 g/mol. The minimum atomic E-state index is -0.00217. The molecule has 1 aromatic heterocycles. The molecule has 28 heavy (non-hydrogen) atoms. The van der Waals surface area contributed by atoms with Crippen molar-refractivity contribution in [2.45, 2.75) is 59.4 Å². The number of nitrogens with one attached hydrogen (secondary N) is 1. The Morgan fingerprint density at radius 3 is 2.54 bits per heavy atom. The summed E-state index contributed by atoms with van der Waals surface area (Å²) in [5, 5.41) is 4.28. The predicted molar refractivity (Wildman–Crippen MR) is 117 cm³/mol. The van der Waals surface area contributed by atoms with Gasteiger partial charge >= 0.3 is 0 Å². The summed E-state index contributed by atoms with van der Waals surface area (Å²) in [6.07, 6.45) is 4.41. The highest BCUT2D eigenvalue weighted by Gasteiger charge is 2.19. The van der Waals surface area contributed by atoms with Crippen LogP contribution < -0.4 is 10.9 Å². The molecular weight excluding hydrogens is 346 g/mol. The van der Waals surface area contributed by atoms with Gasteiger partial charge in [-0.25, -0.2) is 4.98 Å². The molecule has 4 heteroatoms.